The summed E-state index contributed by atoms with van der Waals surface area (Å²) < 4.78 is 1.82. The quantitative estimate of drug-likeness (QED) is 0.775. The third-order valence-electron chi connectivity index (χ3n) is 3.09. The molecule has 0 spiro atoms. The molecule has 1 heterocycles. The van der Waals surface area contributed by atoms with Gasteiger partial charge in [-0.25, -0.2) is 0 Å². The monoisotopic (exact) mass is 195 g/mol. The van der Waals surface area contributed by atoms with E-state index in [4.69, 9.17) is 5.11 Å². The molecule has 4 heteroatoms. The van der Waals surface area contributed by atoms with Gasteiger partial charge in [-0.2, -0.15) is 0 Å². The molecule has 0 saturated heterocycles. The van der Waals surface area contributed by atoms with Gasteiger partial charge in [0.25, 0.3) is 0 Å². The van der Waals surface area contributed by atoms with Crippen molar-refractivity contribution in [2.75, 3.05) is 0 Å². The average molecular weight is 195 g/mol. The summed E-state index contributed by atoms with van der Waals surface area (Å²) in [5.41, 5.74) is 1.91. The molecule has 1 fully saturated rings. The summed E-state index contributed by atoms with van der Waals surface area (Å²) in [6.07, 6.45) is 6.36. The van der Waals surface area contributed by atoms with Gasteiger partial charge in [0.15, 0.2) is 0 Å². The number of hydrogen-bond donors (Lipinski definition) is 1. The summed E-state index contributed by atoms with van der Waals surface area (Å²) in [5.74, 6) is 0.561. The second-order valence-corrected chi connectivity index (χ2v) is 4.04. The van der Waals surface area contributed by atoms with E-state index in [2.05, 4.69) is 10.3 Å². The van der Waals surface area contributed by atoms with Crippen molar-refractivity contribution in [2.24, 2.45) is 7.05 Å². The van der Waals surface area contributed by atoms with Gasteiger partial charge in [-0.05, 0) is 12.8 Å². The van der Waals surface area contributed by atoms with Crippen molar-refractivity contribution in [3.8, 4) is 0 Å². The maximum atomic E-state index is 9.15. The summed E-state index contributed by atoms with van der Waals surface area (Å²) in [6, 6.07) is 0. The Labute approximate surface area is 83.9 Å². The molecule has 78 valence electrons. The van der Waals surface area contributed by atoms with Crippen molar-refractivity contribution in [1.29, 1.82) is 0 Å². The second kappa shape index (κ2) is 4.09. The molecule has 0 atom stereocenters. The van der Waals surface area contributed by atoms with E-state index in [0.29, 0.717) is 5.92 Å². The van der Waals surface area contributed by atoms with E-state index in [1.165, 1.54) is 32.1 Å². The van der Waals surface area contributed by atoms with E-state index in [1.807, 2.05) is 11.7 Å². The fourth-order valence-electron chi connectivity index (χ4n) is 2.40. The molecule has 0 aliphatic heterocycles. The van der Waals surface area contributed by atoms with E-state index in [-0.39, 0.29) is 6.61 Å². The van der Waals surface area contributed by atoms with Crippen LogP contribution in [0.5, 0.6) is 0 Å². The first-order valence-corrected chi connectivity index (χ1v) is 5.32. The first kappa shape index (κ1) is 9.65. The Hall–Kier alpha value is -0.900. The molecule has 1 saturated carbocycles. The van der Waals surface area contributed by atoms with Crippen LogP contribution in [0.3, 0.4) is 0 Å². The fraction of sp³-hybridized carbons (Fsp3) is 0.800. The van der Waals surface area contributed by atoms with Crippen molar-refractivity contribution in [2.45, 2.75) is 44.6 Å². The van der Waals surface area contributed by atoms with Crippen LogP contribution in [0.25, 0.3) is 0 Å². The first-order valence-electron chi connectivity index (χ1n) is 5.32. The van der Waals surface area contributed by atoms with Crippen molar-refractivity contribution in [3.63, 3.8) is 0 Å². The van der Waals surface area contributed by atoms with Crippen molar-refractivity contribution in [3.05, 3.63) is 11.4 Å². The Morgan fingerprint density at radius 3 is 2.71 bits per heavy atom. The summed E-state index contributed by atoms with van der Waals surface area (Å²) in [5, 5.41) is 17.1. The number of aromatic nitrogens is 3. The van der Waals surface area contributed by atoms with Gasteiger partial charge in [0.1, 0.15) is 5.69 Å². The van der Waals surface area contributed by atoms with Gasteiger partial charge in [-0.1, -0.05) is 24.5 Å². The predicted molar refractivity (Wildman–Crippen MR) is 52.8 cm³/mol. The number of aliphatic hydroxyl groups is 1. The van der Waals surface area contributed by atoms with E-state index < -0.39 is 0 Å². The Balaban J connectivity index is 2.23. The first-order chi connectivity index (χ1) is 6.83. The van der Waals surface area contributed by atoms with Crippen LogP contribution < -0.4 is 0 Å². The van der Waals surface area contributed by atoms with Crippen LogP contribution in [0.15, 0.2) is 0 Å². The summed E-state index contributed by atoms with van der Waals surface area (Å²) >= 11 is 0. The van der Waals surface area contributed by atoms with Crippen LogP contribution in [-0.4, -0.2) is 20.1 Å². The van der Waals surface area contributed by atoms with Gasteiger partial charge < -0.3 is 5.11 Å². The normalized spacial score (nSPS) is 18.7. The Bertz CT molecular complexity index is 302. The maximum absolute atomic E-state index is 9.15. The van der Waals surface area contributed by atoms with Gasteiger partial charge in [-0.3, -0.25) is 4.68 Å². The van der Waals surface area contributed by atoms with E-state index >= 15 is 0 Å². The standard InChI is InChI=1S/C10H17N3O/c1-13-10(9(7-14)11-12-13)8-5-3-2-4-6-8/h8,14H,2-7H2,1H3. The molecule has 0 bridgehead atoms. The van der Waals surface area contributed by atoms with Crippen LogP contribution in [0, 0.1) is 0 Å². The van der Waals surface area contributed by atoms with Crippen molar-refractivity contribution >= 4 is 0 Å². The molecule has 0 amide bonds. The largest absolute Gasteiger partial charge is 0.390 e. The Morgan fingerprint density at radius 2 is 2.07 bits per heavy atom. The van der Waals surface area contributed by atoms with Gasteiger partial charge >= 0.3 is 0 Å². The fourth-order valence-corrected chi connectivity index (χ4v) is 2.40. The highest BCUT2D eigenvalue weighted by Gasteiger charge is 2.22. The minimum atomic E-state index is 0.0136. The number of rotatable bonds is 2. The molecule has 0 aromatic carbocycles. The lowest BCUT2D eigenvalue weighted by atomic mass is 9.86. The van der Waals surface area contributed by atoms with Crippen LogP contribution in [0.4, 0.5) is 0 Å². The molecule has 1 aliphatic rings. The smallest absolute Gasteiger partial charge is 0.112 e. The minimum absolute atomic E-state index is 0.0136. The number of aryl methyl sites for hydroxylation is 1. The average Bonchev–Trinajstić information content (AvgIpc) is 2.61. The third kappa shape index (κ3) is 1.66. The number of hydrogen-bond acceptors (Lipinski definition) is 3. The Morgan fingerprint density at radius 1 is 1.36 bits per heavy atom. The molecule has 2 rings (SSSR count). The summed E-state index contributed by atoms with van der Waals surface area (Å²) in [7, 11) is 1.91. The zero-order chi connectivity index (χ0) is 9.97. The topological polar surface area (TPSA) is 50.9 Å². The zero-order valence-electron chi connectivity index (χ0n) is 8.61. The predicted octanol–water partition coefficient (Wildman–Crippen LogP) is 1.36. The minimum Gasteiger partial charge on any atom is -0.390 e. The van der Waals surface area contributed by atoms with Crippen LogP contribution in [-0.2, 0) is 13.7 Å². The van der Waals surface area contributed by atoms with Gasteiger partial charge in [0.2, 0.25) is 0 Å². The summed E-state index contributed by atoms with van der Waals surface area (Å²) in [4.78, 5) is 0. The molecule has 1 aromatic heterocycles. The molecule has 1 aliphatic carbocycles. The molecule has 0 unspecified atom stereocenters. The molecule has 14 heavy (non-hydrogen) atoms. The Kier molecular flexibility index (Phi) is 2.82. The second-order valence-electron chi connectivity index (χ2n) is 4.04. The van der Waals surface area contributed by atoms with E-state index in [0.717, 1.165) is 11.4 Å². The zero-order valence-corrected chi connectivity index (χ0v) is 8.61. The highest BCUT2D eigenvalue weighted by atomic mass is 16.3. The maximum Gasteiger partial charge on any atom is 0.112 e. The van der Waals surface area contributed by atoms with E-state index in [9.17, 15) is 0 Å². The van der Waals surface area contributed by atoms with Gasteiger partial charge in [-0.15, -0.1) is 5.10 Å². The van der Waals surface area contributed by atoms with Crippen LogP contribution in [0.1, 0.15) is 49.4 Å². The van der Waals surface area contributed by atoms with Gasteiger partial charge in [0, 0.05) is 13.0 Å². The lowest BCUT2D eigenvalue weighted by Crippen LogP contribution is -2.11. The SMILES string of the molecule is Cn1nnc(CO)c1C1CCCCC1. The molecular weight excluding hydrogens is 178 g/mol. The lowest BCUT2D eigenvalue weighted by Gasteiger charge is -2.21. The molecule has 1 N–H and O–H groups in total. The number of aliphatic hydroxyl groups excluding tert-OH is 1. The van der Waals surface area contributed by atoms with Crippen molar-refractivity contribution in [1.82, 2.24) is 15.0 Å². The van der Waals surface area contributed by atoms with E-state index in [1.54, 1.807) is 0 Å². The third-order valence-corrected chi connectivity index (χ3v) is 3.09. The van der Waals surface area contributed by atoms with Crippen LogP contribution >= 0.6 is 0 Å². The highest BCUT2D eigenvalue weighted by Crippen LogP contribution is 2.33. The van der Waals surface area contributed by atoms with Crippen LogP contribution in [0.2, 0.25) is 0 Å². The number of nitrogens with zero attached hydrogens (tertiary/aromatic N) is 3. The highest BCUT2D eigenvalue weighted by molar-refractivity contribution is 5.15. The van der Waals surface area contributed by atoms with Crippen molar-refractivity contribution < 1.29 is 5.11 Å². The molecule has 0 radical (unpaired) electrons. The molecule has 4 nitrogen and oxygen atoms in total. The molecular formula is C10H17N3O. The lowest BCUT2D eigenvalue weighted by molar-refractivity contribution is 0.273. The summed E-state index contributed by atoms with van der Waals surface area (Å²) in [6.45, 7) is 0.0136. The molecule has 1 aromatic rings. The van der Waals surface area contributed by atoms with Gasteiger partial charge in [0.05, 0.1) is 12.3 Å².